The summed E-state index contributed by atoms with van der Waals surface area (Å²) in [4.78, 5) is 32.0. The highest BCUT2D eigenvalue weighted by Gasteiger charge is 2.38. The fraction of sp³-hybridized carbons (Fsp3) is 0.312. The molecule has 0 radical (unpaired) electrons. The Morgan fingerprint density at radius 2 is 1.91 bits per heavy atom. The number of carboxylic acids is 1. The highest BCUT2D eigenvalue weighted by Crippen LogP contribution is 2.15. The Morgan fingerprint density at radius 3 is 2.50 bits per heavy atom. The molecule has 0 aromatic carbocycles. The van der Waals surface area contributed by atoms with E-state index in [2.05, 4.69) is 30.3 Å². The molecule has 3 aromatic rings. The molecular weight excluding hydrogens is 439 g/mol. The molecule has 32 heavy (non-hydrogen) atoms. The van der Waals surface area contributed by atoms with Crippen LogP contribution in [-0.4, -0.2) is 78.3 Å². The molecule has 0 atom stereocenters. The molecule has 0 spiro atoms. The first-order valence-electron chi connectivity index (χ1n) is 8.79. The second-order valence-corrected chi connectivity index (χ2v) is 6.10. The van der Waals surface area contributed by atoms with E-state index in [0.717, 1.165) is 18.9 Å². The molecule has 1 aliphatic heterocycles. The van der Waals surface area contributed by atoms with Gasteiger partial charge in [0.15, 0.2) is 17.2 Å². The number of hydrogen-bond donors (Lipinski definition) is 2. The molecule has 4 rings (SSSR count). The number of aromatic amines is 1. The fourth-order valence-electron chi connectivity index (χ4n) is 2.55. The van der Waals surface area contributed by atoms with E-state index in [1.165, 1.54) is 28.1 Å². The quantitative estimate of drug-likeness (QED) is 0.545. The molecule has 3 aromatic heterocycles. The third-order valence-electron chi connectivity index (χ3n) is 4.05. The minimum Gasteiger partial charge on any atom is -0.475 e. The summed E-state index contributed by atoms with van der Waals surface area (Å²) in [5, 5.41) is 26.2. The zero-order valence-corrected chi connectivity index (χ0v) is 16.0. The summed E-state index contributed by atoms with van der Waals surface area (Å²) >= 11 is 0. The van der Waals surface area contributed by atoms with Gasteiger partial charge in [-0.3, -0.25) is 9.89 Å². The fourth-order valence-corrected chi connectivity index (χ4v) is 2.55. The molecular formula is C16H14F3N9O4. The van der Waals surface area contributed by atoms with E-state index in [1.54, 1.807) is 6.07 Å². The number of ether oxygens (including phenoxy) is 1. The molecule has 0 saturated carbocycles. The van der Waals surface area contributed by atoms with E-state index in [4.69, 9.17) is 19.9 Å². The van der Waals surface area contributed by atoms with Crippen molar-refractivity contribution < 1.29 is 27.8 Å². The van der Waals surface area contributed by atoms with Crippen molar-refractivity contribution in [1.29, 1.82) is 5.26 Å². The van der Waals surface area contributed by atoms with Crippen LogP contribution in [0.15, 0.2) is 29.6 Å². The Labute approximate surface area is 176 Å². The molecule has 0 bridgehead atoms. The summed E-state index contributed by atoms with van der Waals surface area (Å²) in [5.41, 5.74) is 0.00495. The van der Waals surface area contributed by atoms with Crippen molar-refractivity contribution in [1.82, 2.24) is 34.7 Å². The van der Waals surface area contributed by atoms with Gasteiger partial charge in [0.25, 0.3) is 5.56 Å². The number of rotatable bonds is 3. The number of aromatic nitrogens is 7. The van der Waals surface area contributed by atoms with Crippen LogP contribution in [0.1, 0.15) is 5.69 Å². The number of carbonyl (C=O) groups is 1. The van der Waals surface area contributed by atoms with E-state index < -0.39 is 12.1 Å². The van der Waals surface area contributed by atoms with Crippen LogP contribution >= 0.6 is 0 Å². The predicted molar refractivity (Wildman–Crippen MR) is 98.3 cm³/mol. The second kappa shape index (κ2) is 9.26. The van der Waals surface area contributed by atoms with Gasteiger partial charge >= 0.3 is 12.1 Å². The van der Waals surface area contributed by atoms with Gasteiger partial charge in [-0.1, -0.05) is 5.21 Å². The van der Waals surface area contributed by atoms with Gasteiger partial charge in [0.2, 0.25) is 0 Å². The molecule has 1 saturated heterocycles. The van der Waals surface area contributed by atoms with E-state index in [-0.39, 0.29) is 16.9 Å². The van der Waals surface area contributed by atoms with Crippen LogP contribution in [0.25, 0.3) is 11.5 Å². The Hall–Kier alpha value is -4.26. The van der Waals surface area contributed by atoms with Gasteiger partial charge in [-0.05, 0) is 0 Å². The molecule has 0 amide bonds. The molecule has 4 heterocycles. The number of halogens is 3. The summed E-state index contributed by atoms with van der Waals surface area (Å²) in [6.07, 6.45) is -0.806. The zero-order valence-electron chi connectivity index (χ0n) is 16.0. The molecule has 0 aliphatic carbocycles. The maximum Gasteiger partial charge on any atom is 0.490 e. The molecule has 16 heteroatoms. The number of alkyl halides is 3. The molecule has 0 unspecified atom stereocenters. The Kier molecular flexibility index (Phi) is 6.49. The van der Waals surface area contributed by atoms with Crippen LogP contribution < -0.4 is 10.5 Å². The smallest absolute Gasteiger partial charge is 0.475 e. The number of morpholine rings is 1. The predicted octanol–water partition coefficient (Wildman–Crippen LogP) is -0.122. The topological polar surface area (TPSA) is 168 Å². The number of nitrogens with zero attached hydrogens (tertiary/aromatic N) is 8. The number of nitriles is 1. The third-order valence-corrected chi connectivity index (χ3v) is 4.05. The van der Waals surface area contributed by atoms with Crippen LogP contribution in [0.4, 0.5) is 19.0 Å². The summed E-state index contributed by atoms with van der Waals surface area (Å²) < 4.78 is 39.6. The lowest BCUT2D eigenvalue weighted by molar-refractivity contribution is -0.192. The van der Waals surface area contributed by atoms with Crippen molar-refractivity contribution in [3.05, 3.63) is 40.8 Å². The van der Waals surface area contributed by atoms with Crippen molar-refractivity contribution in [3.63, 3.8) is 0 Å². The third kappa shape index (κ3) is 5.07. The average Bonchev–Trinajstić information content (AvgIpc) is 3.40. The number of anilines is 1. The van der Waals surface area contributed by atoms with E-state index in [0.29, 0.717) is 19.0 Å². The Bertz CT molecular complexity index is 1190. The summed E-state index contributed by atoms with van der Waals surface area (Å²) in [7, 11) is 0. The zero-order chi connectivity index (χ0) is 23.3. The van der Waals surface area contributed by atoms with Crippen molar-refractivity contribution in [2.24, 2.45) is 0 Å². The number of hydrogen-bond acceptors (Lipinski definition) is 9. The molecule has 168 valence electrons. The first-order chi connectivity index (χ1) is 15.2. The SMILES string of the molecule is N#Cc1cn(-c2c[nH]n(-c3cc(N4CCOCC4)ncn3)c2=O)nn1.O=C(O)C(F)(F)F. The van der Waals surface area contributed by atoms with Gasteiger partial charge in [0.05, 0.1) is 25.6 Å². The normalized spacial score (nSPS) is 13.8. The Morgan fingerprint density at radius 1 is 1.25 bits per heavy atom. The van der Waals surface area contributed by atoms with Crippen molar-refractivity contribution in [2.45, 2.75) is 6.18 Å². The largest absolute Gasteiger partial charge is 0.490 e. The Balaban J connectivity index is 0.000000360. The van der Waals surface area contributed by atoms with Crippen LogP contribution in [-0.2, 0) is 9.53 Å². The lowest BCUT2D eigenvalue weighted by Crippen LogP contribution is -2.37. The monoisotopic (exact) mass is 453 g/mol. The molecule has 1 fully saturated rings. The van der Waals surface area contributed by atoms with Crippen LogP contribution in [0.2, 0.25) is 0 Å². The van der Waals surface area contributed by atoms with Crippen LogP contribution in [0.3, 0.4) is 0 Å². The van der Waals surface area contributed by atoms with Gasteiger partial charge in [0, 0.05) is 19.2 Å². The standard InChI is InChI=1S/C14H13N9O2.C2HF3O2/c15-6-10-8-22(20-19-10)11-7-18-23(14(11)24)13-5-12(16-9-17-13)21-1-3-25-4-2-21;3-2(4,5)1(6)7/h5,7-9,18H,1-4H2;(H,6,7). The van der Waals surface area contributed by atoms with Gasteiger partial charge < -0.3 is 14.7 Å². The van der Waals surface area contributed by atoms with E-state index in [9.17, 15) is 18.0 Å². The molecule has 1 aliphatic rings. The maximum atomic E-state index is 12.6. The summed E-state index contributed by atoms with van der Waals surface area (Å²) in [6.45, 7) is 2.74. The van der Waals surface area contributed by atoms with E-state index in [1.807, 2.05) is 6.07 Å². The molecule has 13 nitrogen and oxygen atoms in total. The first-order valence-corrected chi connectivity index (χ1v) is 8.79. The lowest BCUT2D eigenvalue weighted by atomic mass is 10.4. The van der Waals surface area contributed by atoms with Crippen LogP contribution in [0.5, 0.6) is 0 Å². The van der Waals surface area contributed by atoms with E-state index >= 15 is 0 Å². The van der Waals surface area contributed by atoms with Crippen molar-refractivity contribution in [3.8, 4) is 17.6 Å². The van der Waals surface area contributed by atoms with Crippen LogP contribution in [0, 0.1) is 11.3 Å². The summed E-state index contributed by atoms with van der Waals surface area (Å²) in [6, 6.07) is 3.60. The number of aliphatic carboxylic acids is 1. The van der Waals surface area contributed by atoms with Gasteiger partial charge in [-0.15, -0.1) is 5.10 Å². The highest BCUT2D eigenvalue weighted by molar-refractivity contribution is 5.73. The first kappa shape index (κ1) is 22.4. The lowest BCUT2D eigenvalue weighted by Gasteiger charge is -2.27. The van der Waals surface area contributed by atoms with Crippen molar-refractivity contribution in [2.75, 3.05) is 31.2 Å². The summed E-state index contributed by atoms with van der Waals surface area (Å²) in [5.74, 6) is -1.62. The minimum absolute atomic E-state index is 0.129. The van der Waals surface area contributed by atoms with Gasteiger partial charge in [0.1, 0.15) is 18.2 Å². The van der Waals surface area contributed by atoms with Gasteiger partial charge in [-0.25, -0.2) is 19.4 Å². The number of H-pyrrole nitrogens is 1. The molecule has 2 N–H and O–H groups in total. The maximum absolute atomic E-state index is 12.6. The number of nitrogens with one attached hydrogen (secondary N) is 1. The van der Waals surface area contributed by atoms with Crippen molar-refractivity contribution >= 4 is 11.8 Å². The average molecular weight is 453 g/mol. The highest BCUT2D eigenvalue weighted by atomic mass is 19.4. The van der Waals surface area contributed by atoms with Gasteiger partial charge in [-0.2, -0.15) is 23.1 Å². The number of carboxylic acid groups (broad SMARTS) is 1. The second-order valence-electron chi connectivity index (χ2n) is 6.10. The minimum atomic E-state index is -5.08.